The largest absolute Gasteiger partial charge is 0.312 e. The van der Waals surface area contributed by atoms with Crippen molar-refractivity contribution >= 4 is 33.1 Å². The number of carbonyl (C=O) groups is 2. The van der Waals surface area contributed by atoms with Gasteiger partial charge in [-0.05, 0) is 41.8 Å². The molecule has 0 radical (unpaired) electrons. The number of pyridine rings is 1. The standard InChI is InChI=1S/C27H27F2N3O4S/c1-27(28,29)25-12-7-18(17-30-25)15-22(33)16-20-13-14-32(26(20)34)21-10-8-19(9-11-21)23-5-3-4-6-24(23)31-37(2,35)36/h3-12,17,20,31H,13-16H2,1-2H3/t20-/m0/s1. The van der Waals surface area contributed by atoms with E-state index in [-0.39, 0.29) is 30.2 Å². The number of hydrogen-bond donors (Lipinski definition) is 1. The number of benzene rings is 2. The van der Waals surface area contributed by atoms with Crippen LogP contribution in [0, 0.1) is 5.92 Å². The minimum atomic E-state index is -3.44. The topological polar surface area (TPSA) is 96.4 Å². The summed E-state index contributed by atoms with van der Waals surface area (Å²) < 4.78 is 52.6. The Hall–Kier alpha value is -3.66. The predicted octanol–water partition coefficient (Wildman–Crippen LogP) is 4.79. The quantitative estimate of drug-likeness (QED) is 0.432. The van der Waals surface area contributed by atoms with Crippen LogP contribution in [0.25, 0.3) is 11.1 Å². The molecule has 10 heteroatoms. The van der Waals surface area contributed by atoms with Crippen LogP contribution in [0.1, 0.15) is 31.0 Å². The number of ketones is 1. The number of halogens is 2. The van der Waals surface area contributed by atoms with E-state index in [0.717, 1.165) is 18.7 Å². The predicted molar refractivity (Wildman–Crippen MR) is 138 cm³/mol. The summed E-state index contributed by atoms with van der Waals surface area (Å²) in [7, 11) is -3.44. The average molecular weight is 528 g/mol. The highest BCUT2D eigenvalue weighted by Crippen LogP contribution is 2.33. The van der Waals surface area contributed by atoms with Crippen LogP contribution >= 0.6 is 0 Å². The van der Waals surface area contributed by atoms with Gasteiger partial charge >= 0.3 is 0 Å². The molecule has 0 saturated carbocycles. The third-order valence-electron chi connectivity index (χ3n) is 6.18. The van der Waals surface area contributed by atoms with E-state index < -0.39 is 21.9 Å². The van der Waals surface area contributed by atoms with E-state index in [1.165, 1.54) is 18.3 Å². The highest BCUT2D eigenvalue weighted by Gasteiger charge is 2.34. The summed E-state index contributed by atoms with van der Waals surface area (Å²) in [5.41, 5.74) is 2.82. The average Bonchev–Trinajstić information content (AvgIpc) is 3.18. The number of Topliss-reactive ketones (excluding diaryl/α,β-unsaturated/α-hetero) is 1. The fourth-order valence-corrected chi connectivity index (χ4v) is 4.97. The molecule has 1 fully saturated rings. The van der Waals surface area contributed by atoms with Gasteiger partial charge in [-0.3, -0.25) is 19.3 Å². The Morgan fingerprint density at radius 2 is 1.81 bits per heavy atom. The van der Waals surface area contributed by atoms with Gasteiger partial charge in [0.15, 0.2) is 0 Å². The fourth-order valence-electron chi connectivity index (χ4n) is 4.39. The Labute approximate surface area is 214 Å². The molecule has 0 bridgehead atoms. The fraction of sp³-hybridized carbons (Fsp3) is 0.296. The first-order valence-corrected chi connectivity index (χ1v) is 13.6. The molecular weight excluding hydrogens is 500 g/mol. The van der Waals surface area contributed by atoms with Crippen LogP contribution < -0.4 is 9.62 Å². The van der Waals surface area contributed by atoms with Crippen LogP contribution in [0.3, 0.4) is 0 Å². The van der Waals surface area contributed by atoms with Crippen molar-refractivity contribution < 1.29 is 26.8 Å². The summed E-state index contributed by atoms with van der Waals surface area (Å²) in [6, 6.07) is 16.9. The van der Waals surface area contributed by atoms with Crippen LogP contribution in [0.4, 0.5) is 20.2 Å². The Bertz CT molecular complexity index is 1400. The third-order valence-corrected chi connectivity index (χ3v) is 6.77. The molecule has 1 aliphatic rings. The van der Waals surface area contributed by atoms with Crippen molar-refractivity contribution in [2.45, 2.75) is 32.1 Å². The third kappa shape index (κ3) is 6.56. The zero-order valence-electron chi connectivity index (χ0n) is 20.4. The van der Waals surface area contributed by atoms with E-state index in [0.29, 0.717) is 35.5 Å². The highest BCUT2D eigenvalue weighted by molar-refractivity contribution is 7.92. The molecule has 1 aromatic heterocycles. The van der Waals surface area contributed by atoms with Crippen LogP contribution in [0.2, 0.25) is 0 Å². The van der Waals surface area contributed by atoms with Crippen LogP contribution in [-0.2, 0) is 32.0 Å². The first kappa shape index (κ1) is 26.4. The molecular formula is C27H27F2N3O4S. The number of para-hydroxylation sites is 1. The molecule has 1 atom stereocenters. The van der Waals surface area contributed by atoms with E-state index in [4.69, 9.17) is 0 Å². The van der Waals surface area contributed by atoms with E-state index in [1.54, 1.807) is 29.2 Å². The molecule has 2 aromatic carbocycles. The lowest BCUT2D eigenvalue weighted by Crippen LogP contribution is -2.28. The van der Waals surface area contributed by atoms with Gasteiger partial charge in [-0.1, -0.05) is 36.4 Å². The van der Waals surface area contributed by atoms with E-state index in [9.17, 15) is 26.8 Å². The molecule has 1 N–H and O–H groups in total. The number of aromatic nitrogens is 1. The SMILES string of the molecule is CC(F)(F)c1ccc(CC(=O)C[C@@H]2CCN(c3ccc(-c4ccccc4NS(C)(=O)=O)cc3)C2=O)cn1. The first-order valence-electron chi connectivity index (χ1n) is 11.7. The van der Waals surface area contributed by atoms with Crippen molar-refractivity contribution in [3.63, 3.8) is 0 Å². The highest BCUT2D eigenvalue weighted by atomic mass is 32.2. The summed E-state index contributed by atoms with van der Waals surface area (Å²) in [5.74, 6) is -3.78. The number of hydrogen-bond acceptors (Lipinski definition) is 5. The van der Waals surface area contributed by atoms with Gasteiger partial charge in [0.05, 0.1) is 11.9 Å². The van der Waals surface area contributed by atoms with Crippen molar-refractivity contribution in [1.82, 2.24) is 4.98 Å². The molecule has 0 spiro atoms. The van der Waals surface area contributed by atoms with Crippen molar-refractivity contribution in [3.05, 3.63) is 78.1 Å². The molecule has 0 aliphatic carbocycles. The van der Waals surface area contributed by atoms with Gasteiger partial charge in [0, 0.05) is 49.7 Å². The zero-order chi connectivity index (χ0) is 26.8. The monoisotopic (exact) mass is 527 g/mol. The summed E-state index contributed by atoms with van der Waals surface area (Å²) in [6.45, 7) is 1.24. The molecule has 194 valence electrons. The van der Waals surface area contributed by atoms with E-state index in [1.807, 2.05) is 24.3 Å². The molecule has 7 nitrogen and oxygen atoms in total. The van der Waals surface area contributed by atoms with Crippen molar-refractivity contribution in [2.75, 3.05) is 22.4 Å². The van der Waals surface area contributed by atoms with Crippen molar-refractivity contribution in [3.8, 4) is 11.1 Å². The maximum absolute atomic E-state index is 13.3. The lowest BCUT2D eigenvalue weighted by molar-refractivity contribution is -0.125. The normalized spacial score (nSPS) is 16.2. The molecule has 3 aromatic rings. The summed E-state index contributed by atoms with van der Waals surface area (Å²) in [6.07, 6.45) is 3.00. The Morgan fingerprint density at radius 3 is 2.43 bits per heavy atom. The van der Waals surface area contributed by atoms with Gasteiger partial charge in [0.25, 0.3) is 5.92 Å². The summed E-state index contributed by atoms with van der Waals surface area (Å²) in [5, 5.41) is 0. The summed E-state index contributed by atoms with van der Waals surface area (Å²) >= 11 is 0. The maximum Gasteiger partial charge on any atom is 0.286 e. The molecule has 0 unspecified atom stereocenters. The van der Waals surface area contributed by atoms with Gasteiger partial charge < -0.3 is 4.90 Å². The minimum absolute atomic E-state index is 0.0297. The first-order chi connectivity index (χ1) is 17.4. The molecule has 1 saturated heterocycles. The van der Waals surface area contributed by atoms with Gasteiger partial charge in [-0.15, -0.1) is 0 Å². The van der Waals surface area contributed by atoms with Crippen LogP contribution in [-0.4, -0.2) is 37.9 Å². The number of nitrogens with zero attached hydrogens (tertiary/aromatic N) is 2. The molecule has 1 aliphatic heterocycles. The smallest absolute Gasteiger partial charge is 0.286 e. The van der Waals surface area contributed by atoms with E-state index >= 15 is 0 Å². The lowest BCUT2D eigenvalue weighted by Gasteiger charge is -2.18. The number of amides is 1. The number of anilines is 2. The number of carbonyl (C=O) groups excluding carboxylic acids is 2. The molecule has 2 heterocycles. The van der Waals surface area contributed by atoms with Crippen molar-refractivity contribution in [1.29, 1.82) is 0 Å². The number of alkyl halides is 2. The van der Waals surface area contributed by atoms with Crippen LogP contribution in [0.15, 0.2) is 66.9 Å². The maximum atomic E-state index is 13.3. The van der Waals surface area contributed by atoms with Crippen molar-refractivity contribution in [2.24, 2.45) is 5.92 Å². The van der Waals surface area contributed by atoms with Gasteiger partial charge in [-0.25, -0.2) is 8.42 Å². The second-order valence-electron chi connectivity index (χ2n) is 9.30. The Kier molecular flexibility index (Phi) is 7.40. The minimum Gasteiger partial charge on any atom is -0.312 e. The summed E-state index contributed by atoms with van der Waals surface area (Å²) in [4.78, 5) is 31.0. The number of sulfonamides is 1. The van der Waals surface area contributed by atoms with Gasteiger partial charge in [0.1, 0.15) is 11.5 Å². The van der Waals surface area contributed by atoms with Gasteiger partial charge in [0.2, 0.25) is 15.9 Å². The second-order valence-corrected chi connectivity index (χ2v) is 11.1. The van der Waals surface area contributed by atoms with E-state index in [2.05, 4.69) is 9.71 Å². The van der Waals surface area contributed by atoms with Crippen LogP contribution in [0.5, 0.6) is 0 Å². The molecule has 1 amide bonds. The second kappa shape index (κ2) is 10.4. The molecule has 4 rings (SSSR count). The van der Waals surface area contributed by atoms with Gasteiger partial charge in [-0.2, -0.15) is 8.78 Å². The number of rotatable bonds is 9. The lowest BCUT2D eigenvalue weighted by atomic mass is 9.97. The number of nitrogens with one attached hydrogen (secondary N) is 1. The molecule has 37 heavy (non-hydrogen) atoms. The Morgan fingerprint density at radius 1 is 1.11 bits per heavy atom. The zero-order valence-corrected chi connectivity index (χ0v) is 21.3. The Balaban J connectivity index is 1.39.